The number of halogens is 1. The van der Waals surface area contributed by atoms with Crippen molar-refractivity contribution in [2.75, 3.05) is 13.2 Å². The van der Waals surface area contributed by atoms with E-state index in [0.717, 1.165) is 33.4 Å². The molecule has 3 aromatic rings. The van der Waals surface area contributed by atoms with Crippen LogP contribution < -0.4 is 5.32 Å². The number of nitrogens with one attached hydrogen (secondary N) is 1. The summed E-state index contributed by atoms with van der Waals surface area (Å²) < 4.78 is 20.0. The number of carbonyl (C=O) groups is 1. The van der Waals surface area contributed by atoms with E-state index in [9.17, 15) is 19.4 Å². The Hall–Kier alpha value is -3.06. The smallest absolute Gasteiger partial charge is 0.335 e. The van der Waals surface area contributed by atoms with Crippen LogP contribution in [0.15, 0.2) is 54.6 Å². The van der Waals surface area contributed by atoms with Crippen molar-refractivity contribution in [3.63, 3.8) is 0 Å². The van der Waals surface area contributed by atoms with Crippen LogP contribution in [0.1, 0.15) is 65.1 Å². The van der Waals surface area contributed by atoms with Gasteiger partial charge in [0.15, 0.2) is 0 Å². The van der Waals surface area contributed by atoms with Crippen molar-refractivity contribution in [3.05, 3.63) is 93.8 Å². The summed E-state index contributed by atoms with van der Waals surface area (Å²) in [7, 11) is 0. The molecule has 0 heterocycles. The Morgan fingerprint density at radius 2 is 1.68 bits per heavy atom. The zero-order valence-corrected chi connectivity index (χ0v) is 22.6. The zero-order valence-electron chi connectivity index (χ0n) is 22.6. The van der Waals surface area contributed by atoms with E-state index in [1.807, 2.05) is 65.0 Å². The van der Waals surface area contributed by atoms with Crippen molar-refractivity contribution in [2.45, 2.75) is 65.7 Å². The first-order chi connectivity index (χ1) is 17.4. The number of ether oxygens (including phenoxy) is 1. The average molecular weight is 508 g/mol. The second kappa shape index (κ2) is 12.0. The first kappa shape index (κ1) is 28.5. The number of carboxylic acids is 1. The average Bonchev–Trinajstić information content (AvgIpc) is 2.83. The van der Waals surface area contributed by atoms with Crippen LogP contribution in [0, 0.1) is 26.6 Å². The molecule has 0 saturated carbocycles. The molecule has 0 spiro atoms. The topological polar surface area (TPSA) is 78.8 Å². The van der Waals surface area contributed by atoms with Gasteiger partial charge < -0.3 is 20.3 Å². The Morgan fingerprint density at radius 1 is 1.03 bits per heavy atom. The van der Waals surface area contributed by atoms with Crippen molar-refractivity contribution in [1.82, 2.24) is 5.32 Å². The first-order valence-corrected chi connectivity index (χ1v) is 12.6. The fourth-order valence-electron chi connectivity index (χ4n) is 4.71. The number of hydrogen-bond acceptors (Lipinski definition) is 4. The summed E-state index contributed by atoms with van der Waals surface area (Å²) in [5, 5.41) is 23.4. The number of aliphatic hydroxyl groups excluding tert-OH is 1. The van der Waals surface area contributed by atoms with E-state index in [1.54, 1.807) is 31.2 Å². The minimum Gasteiger partial charge on any atom is -0.478 e. The fraction of sp³-hybridized carbons (Fsp3) is 0.387. The number of benzene rings is 3. The Balaban J connectivity index is 1.63. The molecule has 0 radical (unpaired) electrons. The summed E-state index contributed by atoms with van der Waals surface area (Å²) in [6, 6.07) is 16.6. The fourth-order valence-corrected chi connectivity index (χ4v) is 4.71. The van der Waals surface area contributed by atoms with Crippen LogP contribution in [-0.2, 0) is 11.2 Å². The van der Waals surface area contributed by atoms with Crippen LogP contribution in [0.4, 0.5) is 4.39 Å². The standard InChI is InChI=1S/C31H38FNO4/c1-19-11-12-23(15-28(19)32)16-31(5,6)33-17-25(34)18-37-22(4)26-9-7-8-10-27(26)29-20(2)13-24(30(35)36)14-21(29)3/h7-15,22,25,33-34H,16-18H2,1-6H3,(H,35,36)/t22-,25-/m1/s1. The van der Waals surface area contributed by atoms with Gasteiger partial charge in [-0.2, -0.15) is 0 Å². The van der Waals surface area contributed by atoms with Crippen molar-refractivity contribution in [1.29, 1.82) is 0 Å². The second-order valence-corrected chi connectivity index (χ2v) is 10.5. The monoisotopic (exact) mass is 507 g/mol. The van der Waals surface area contributed by atoms with Gasteiger partial charge in [-0.3, -0.25) is 0 Å². The van der Waals surface area contributed by atoms with Gasteiger partial charge >= 0.3 is 5.97 Å². The van der Waals surface area contributed by atoms with Crippen LogP contribution >= 0.6 is 0 Å². The van der Waals surface area contributed by atoms with E-state index < -0.39 is 12.1 Å². The number of β-amino-alcohol motifs (C(OH)–C–C–N with tert-alkyl or cyclic N) is 1. The van der Waals surface area contributed by atoms with Gasteiger partial charge in [0.05, 0.1) is 24.4 Å². The van der Waals surface area contributed by atoms with Gasteiger partial charge in [0.2, 0.25) is 0 Å². The molecular formula is C31H38FNO4. The summed E-state index contributed by atoms with van der Waals surface area (Å²) in [4.78, 5) is 11.4. The molecule has 0 aromatic heterocycles. The minimum atomic E-state index is -0.945. The summed E-state index contributed by atoms with van der Waals surface area (Å²) >= 11 is 0. The Bertz CT molecular complexity index is 1230. The van der Waals surface area contributed by atoms with Crippen LogP contribution in [-0.4, -0.2) is 41.0 Å². The molecule has 0 unspecified atom stereocenters. The first-order valence-electron chi connectivity index (χ1n) is 12.6. The maximum Gasteiger partial charge on any atom is 0.335 e. The van der Waals surface area contributed by atoms with Crippen LogP contribution in [0.2, 0.25) is 0 Å². The van der Waals surface area contributed by atoms with E-state index in [0.29, 0.717) is 18.5 Å². The molecule has 6 heteroatoms. The molecule has 3 aromatic carbocycles. The highest BCUT2D eigenvalue weighted by atomic mass is 19.1. The predicted molar refractivity (Wildman–Crippen MR) is 146 cm³/mol. The molecular weight excluding hydrogens is 469 g/mol. The molecule has 0 aliphatic rings. The van der Waals surface area contributed by atoms with Crippen molar-refractivity contribution >= 4 is 5.97 Å². The normalized spacial score (nSPS) is 13.4. The third-order valence-corrected chi connectivity index (χ3v) is 6.68. The summed E-state index contributed by atoms with van der Waals surface area (Å²) in [5.74, 6) is -1.15. The number of aliphatic hydroxyl groups is 1. The van der Waals surface area contributed by atoms with Gasteiger partial charge in [0, 0.05) is 12.1 Å². The highest BCUT2D eigenvalue weighted by molar-refractivity contribution is 5.90. The van der Waals surface area contributed by atoms with Gasteiger partial charge in [-0.15, -0.1) is 0 Å². The molecule has 3 N–H and O–H groups in total. The van der Waals surface area contributed by atoms with Gasteiger partial charge in [-0.05, 0) is 105 Å². The van der Waals surface area contributed by atoms with Crippen molar-refractivity contribution < 1.29 is 24.1 Å². The van der Waals surface area contributed by atoms with Gasteiger partial charge in [-0.25, -0.2) is 9.18 Å². The van der Waals surface area contributed by atoms with Crippen molar-refractivity contribution in [2.24, 2.45) is 0 Å². The molecule has 0 aliphatic carbocycles. The zero-order chi connectivity index (χ0) is 27.3. The molecule has 0 bridgehead atoms. The molecule has 198 valence electrons. The lowest BCUT2D eigenvalue weighted by atomic mass is 9.89. The lowest BCUT2D eigenvalue weighted by Gasteiger charge is -2.28. The Morgan fingerprint density at radius 3 is 2.30 bits per heavy atom. The van der Waals surface area contributed by atoms with E-state index >= 15 is 0 Å². The summed E-state index contributed by atoms with van der Waals surface area (Å²) in [6.45, 7) is 12.1. The predicted octanol–water partition coefficient (Wildman–Crippen LogP) is 6.17. The van der Waals surface area contributed by atoms with E-state index in [-0.39, 0.29) is 29.6 Å². The van der Waals surface area contributed by atoms with Crippen molar-refractivity contribution in [3.8, 4) is 11.1 Å². The largest absolute Gasteiger partial charge is 0.478 e. The van der Waals surface area contributed by atoms with Gasteiger partial charge in [0.25, 0.3) is 0 Å². The van der Waals surface area contributed by atoms with Gasteiger partial charge in [-0.1, -0.05) is 36.4 Å². The number of carboxylic acid groups (broad SMARTS) is 1. The molecule has 2 atom stereocenters. The highest BCUT2D eigenvalue weighted by Gasteiger charge is 2.21. The lowest BCUT2D eigenvalue weighted by molar-refractivity contribution is -0.00397. The van der Waals surface area contributed by atoms with Crippen LogP contribution in [0.3, 0.4) is 0 Å². The second-order valence-electron chi connectivity index (χ2n) is 10.5. The SMILES string of the molecule is Cc1ccc(CC(C)(C)NC[C@@H](O)CO[C@H](C)c2ccccc2-c2c(C)cc(C(=O)O)cc2C)cc1F. The lowest BCUT2D eigenvalue weighted by Crippen LogP contribution is -2.46. The summed E-state index contributed by atoms with van der Waals surface area (Å²) in [5.41, 5.74) is 6.18. The van der Waals surface area contributed by atoms with Crippen LogP contribution in [0.25, 0.3) is 11.1 Å². The molecule has 3 rings (SSSR count). The molecule has 0 saturated heterocycles. The molecule has 0 amide bonds. The maximum absolute atomic E-state index is 13.9. The maximum atomic E-state index is 13.9. The highest BCUT2D eigenvalue weighted by Crippen LogP contribution is 2.35. The molecule has 0 fully saturated rings. The van der Waals surface area contributed by atoms with E-state index in [2.05, 4.69) is 5.32 Å². The van der Waals surface area contributed by atoms with E-state index in [4.69, 9.17) is 4.74 Å². The summed E-state index contributed by atoms with van der Waals surface area (Å²) in [6.07, 6.45) is -0.379. The number of rotatable bonds is 11. The quantitative estimate of drug-likeness (QED) is 0.289. The number of aromatic carboxylic acids is 1. The Labute approximate surface area is 219 Å². The third-order valence-electron chi connectivity index (χ3n) is 6.68. The van der Waals surface area contributed by atoms with Crippen LogP contribution in [0.5, 0.6) is 0 Å². The number of hydrogen-bond donors (Lipinski definition) is 3. The Kier molecular flexibility index (Phi) is 9.24. The third kappa shape index (κ3) is 7.48. The minimum absolute atomic E-state index is 0.146. The molecule has 37 heavy (non-hydrogen) atoms. The van der Waals surface area contributed by atoms with Gasteiger partial charge in [0.1, 0.15) is 5.82 Å². The van der Waals surface area contributed by atoms with E-state index in [1.165, 1.54) is 0 Å². The number of aryl methyl sites for hydroxylation is 3. The molecule has 0 aliphatic heterocycles. The molecule has 5 nitrogen and oxygen atoms in total.